The van der Waals surface area contributed by atoms with Crippen molar-refractivity contribution in [1.82, 2.24) is 15.6 Å². The Hall–Kier alpha value is -2.99. The molecule has 8 heteroatoms. The molecule has 2 aliphatic rings. The number of nitrogens with one attached hydrogen (secondary N) is 2. The lowest BCUT2D eigenvalue weighted by molar-refractivity contribution is -0.126. The Labute approximate surface area is 206 Å². The van der Waals surface area contributed by atoms with E-state index in [9.17, 15) is 15.2 Å². The molecule has 0 bridgehead atoms. The fourth-order valence-electron chi connectivity index (χ4n) is 4.92. The van der Waals surface area contributed by atoms with Gasteiger partial charge in [0.05, 0.1) is 23.8 Å². The van der Waals surface area contributed by atoms with Crippen LogP contribution in [0.1, 0.15) is 60.9 Å². The first-order valence-electron chi connectivity index (χ1n) is 12.3. The van der Waals surface area contributed by atoms with Gasteiger partial charge in [-0.3, -0.25) is 4.79 Å². The first kappa shape index (κ1) is 25.1. The maximum absolute atomic E-state index is 12.3. The normalized spacial score (nSPS) is 19.5. The molecular formula is C27H34N4O4. The molecule has 1 aromatic carbocycles. The number of ether oxygens (including phenoxy) is 2. The summed E-state index contributed by atoms with van der Waals surface area (Å²) in [6, 6.07) is 11.0. The summed E-state index contributed by atoms with van der Waals surface area (Å²) in [5.74, 6) is 0.382. The molecule has 1 fully saturated rings. The topological polar surface area (TPSA) is 116 Å². The third kappa shape index (κ3) is 5.99. The Bertz CT molecular complexity index is 1080. The zero-order chi connectivity index (χ0) is 24.8. The minimum Gasteiger partial charge on any atom is -0.471 e. The number of pyridine rings is 1. The minimum absolute atomic E-state index is 0.00458. The van der Waals surface area contributed by atoms with Gasteiger partial charge in [-0.2, -0.15) is 5.26 Å². The molecule has 1 aliphatic heterocycles. The van der Waals surface area contributed by atoms with Gasteiger partial charge in [0.1, 0.15) is 12.2 Å². The van der Waals surface area contributed by atoms with E-state index in [1.165, 1.54) is 7.11 Å². The molecule has 0 saturated heterocycles. The number of aryl methyl sites for hydroxylation is 1. The molecule has 186 valence electrons. The van der Waals surface area contributed by atoms with E-state index in [2.05, 4.69) is 34.7 Å². The van der Waals surface area contributed by atoms with Gasteiger partial charge < -0.3 is 25.2 Å². The lowest BCUT2D eigenvalue weighted by Gasteiger charge is -2.47. The second-order valence-corrected chi connectivity index (χ2v) is 9.59. The van der Waals surface area contributed by atoms with Crippen molar-refractivity contribution in [2.75, 3.05) is 20.3 Å². The quantitative estimate of drug-likeness (QED) is 0.481. The number of aliphatic hydroxyl groups is 1. The largest absolute Gasteiger partial charge is 0.471 e. The molecule has 2 aromatic rings. The molecule has 3 N–H and O–H groups in total. The van der Waals surface area contributed by atoms with Crippen molar-refractivity contribution in [3.05, 3.63) is 58.8 Å². The molecule has 3 atom stereocenters. The van der Waals surface area contributed by atoms with Gasteiger partial charge in [-0.05, 0) is 61.4 Å². The number of benzene rings is 1. The average molecular weight is 479 g/mol. The Kier molecular flexibility index (Phi) is 8.01. The number of rotatable bonds is 10. The lowest BCUT2D eigenvalue weighted by Crippen LogP contribution is -2.52. The molecule has 1 aromatic heterocycles. The van der Waals surface area contributed by atoms with Gasteiger partial charge in [-0.25, -0.2) is 4.98 Å². The average Bonchev–Trinajstić information content (AvgIpc) is 2.85. The number of aliphatic hydroxyl groups excluding tert-OH is 1. The number of methoxy groups -OCH3 is 1. The fraction of sp³-hybridized carbons (Fsp3) is 0.519. The Morgan fingerprint density at radius 2 is 2.20 bits per heavy atom. The molecule has 8 nitrogen and oxygen atoms in total. The number of fused-ring (bicyclic) bond motifs is 1. The first-order valence-corrected chi connectivity index (χ1v) is 12.3. The molecule has 1 amide bonds. The number of hydrogen-bond acceptors (Lipinski definition) is 7. The summed E-state index contributed by atoms with van der Waals surface area (Å²) < 4.78 is 11.3. The van der Waals surface area contributed by atoms with Gasteiger partial charge in [0.15, 0.2) is 0 Å². The number of carbonyl (C=O) groups is 1. The van der Waals surface area contributed by atoms with Gasteiger partial charge >= 0.3 is 0 Å². The fourth-order valence-corrected chi connectivity index (χ4v) is 4.92. The molecule has 0 radical (unpaired) electrons. The van der Waals surface area contributed by atoms with Crippen LogP contribution in [0.2, 0.25) is 0 Å². The van der Waals surface area contributed by atoms with E-state index in [1.807, 2.05) is 18.3 Å². The predicted molar refractivity (Wildman–Crippen MR) is 131 cm³/mol. The molecule has 1 saturated carbocycles. The van der Waals surface area contributed by atoms with Crippen LogP contribution in [-0.2, 0) is 22.4 Å². The van der Waals surface area contributed by atoms with Crippen LogP contribution in [0.3, 0.4) is 0 Å². The van der Waals surface area contributed by atoms with Gasteiger partial charge in [0.2, 0.25) is 11.8 Å². The Balaban J connectivity index is 1.49. The highest BCUT2D eigenvalue weighted by Crippen LogP contribution is 2.48. The number of hydrogen-bond donors (Lipinski definition) is 3. The smallest absolute Gasteiger partial charge is 0.246 e. The zero-order valence-electron chi connectivity index (χ0n) is 20.4. The Morgan fingerprint density at radius 3 is 2.89 bits per heavy atom. The highest BCUT2D eigenvalue weighted by atomic mass is 16.5. The van der Waals surface area contributed by atoms with E-state index in [0.29, 0.717) is 17.9 Å². The maximum Gasteiger partial charge on any atom is 0.246 e. The molecule has 1 spiro atoms. The first-order chi connectivity index (χ1) is 16.9. The molecule has 1 aliphatic carbocycles. The van der Waals surface area contributed by atoms with Crippen LogP contribution >= 0.6 is 0 Å². The molecular weight excluding hydrogens is 444 g/mol. The third-order valence-corrected chi connectivity index (χ3v) is 7.04. The molecule has 0 unspecified atom stereocenters. The van der Waals surface area contributed by atoms with Crippen molar-refractivity contribution >= 4 is 5.91 Å². The Morgan fingerprint density at radius 1 is 1.37 bits per heavy atom. The minimum atomic E-state index is -0.854. The number of nitriles is 1. The van der Waals surface area contributed by atoms with E-state index in [0.717, 1.165) is 48.8 Å². The second kappa shape index (κ2) is 11.2. The van der Waals surface area contributed by atoms with Gasteiger partial charge in [0.25, 0.3) is 0 Å². The van der Waals surface area contributed by atoms with Gasteiger partial charge in [-0.1, -0.05) is 19.1 Å². The number of aromatic nitrogens is 1. The third-order valence-electron chi connectivity index (χ3n) is 7.04. The summed E-state index contributed by atoms with van der Waals surface area (Å²) in [5.41, 5.74) is 3.40. The van der Waals surface area contributed by atoms with Crippen molar-refractivity contribution in [2.24, 2.45) is 0 Å². The SMILES string of the molecule is CCc1cnc2c(c1)[C@@H](NC[C@@H](O)[C@H](Cc1cccc(C#N)c1)NC(=O)COC)CC1(CCC1)O2. The van der Waals surface area contributed by atoms with Gasteiger partial charge in [0, 0.05) is 37.9 Å². The van der Waals surface area contributed by atoms with Crippen LogP contribution < -0.4 is 15.4 Å². The maximum atomic E-state index is 12.3. The van der Waals surface area contributed by atoms with Crippen molar-refractivity contribution in [1.29, 1.82) is 5.26 Å². The monoisotopic (exact) mass is 478 g/mol. The summed E-state index contributed by atoms with van der Waals surface area (Å²) in [6.45, 7) is 2.30. The highest BCUT2D eigenvalue weighted by molar-refractivity contribution is 5.77. The summed E-state index contributed by atoms with van der Waals surface area (Å²) in [7, 11) is 1.46. The van der Waals surface area contributed by atoms with Crippen LogP contribution in [0.4, 0.5) is 0 Å². The van der Waals surface area contributed by atoms with E-state index in [-0.39, 0.29) is 30.7 Å². The summed E-state index contributed by atoms with van der Waals surface area (Å²) in [6.07, 6.45) is 6.29. The van der Waals surface area contributed by atoms with Crippen LogP contribution in [0.25, 0.3) is 0 Å². The molecule has 35 heavy (non-hydrogen) atoms. The van der Waals surface area contributed by atoms with Crippen molar-refractivity contribution in [3.63, 3.8) is 0 Å². The van der Waals surface area contributed by atoms with Crippen LogP contribution in [0, 0.1) is 11.3 Å². The summed E-state index contributed by atoms with van der Waals surface area (Å²) in [4.78, 5) is 16.9. The molecule has 4 rings (SSSR count). The summed E-state index contributed by atoms with van der Waals surface area (Å²) in [5, 5.41) is 26.8. The van der Waals surface area contributed by atoms with Crippen LogP contribution in [-0.4, -0.2) is 54.0 Å². The van der Waals surface area contributed by atoms with Crippen molar-refractivity contribution in [2.45, 2.75) is 69.2 Å². The standard InChI is InChI=1S/C27H34N4O4/c1-3-18-11-21-23(13-27(8-5-9-27)35-26(21)30-15-18)29-16-24(32)22(31-25(33)17-34-2)12-19-6-4-7-20(10-19)14-28/h4,6-7,10-11,15,22-24,29,32H,3,5,8-9,12-13,16-17H2,1-2H3,(H,31,33)/t22-,23-,24+/m0/s1. The summed E-state index contributed by atoms with van der Waals surface area (Å²) >= 11 is 0. The van der Waals surface area contributed by atoms with Crippen LogP contribution in [0.15, 0.2) is 36.5 Å². The highest BCUT2D eigenvalue weighted by Gasteiger charge is 2.46. The van der Waals surface area contributed by atoms with E-state index >= 15 is 0 Å². The van der Waals surface area contributed by atoms with Crippen LogP contribution in [0.5, 0.6) is 5.88 Å². The number of nitrogens with zero attached hydrogens (tertiary/aromatic N) is 2. The van der Waals surface area contributed by atoms with E-state index in [1.54, 1.807) is 12.1 Å². The number of amides is 1. The zero-order valence-corrected chi connectivity index (χ0v) is 20.4. The van der Waals surface area contributed by atoms with Crippen molar-refractivity contribution in [3.8, 4) is 11.9 Å². The predicted octanol–water partition coefficient (Wildman–Crippen LogP) is 2.59. The second-order valence-electron chi connectivity index (χ2n) is 9.59. The van der Waals surface area contributed by atoms with Crippen molar-refractivity contribution < 1.29 is 19.4 Å². The number of carbonyl (C=O) groups excluding carboxylic acids is 1. The van der Waals surface area contributed by atoms with Gasteiger partial charge in [-0.15, -0.1) is 0 Å². The van der Waals surface area contributed by atoms with E-state index < -0.39 is 12.1 Å². The van der Waals surface area contributed by atoms with E-state index in [4.69, 9.17) is 9.47 Å². The lowest BCUT2D eigenvalue weighted by atomic mass is 9.73. The molecule has 2 heterocycles.